The molecule has 0 aliphatic carbocycles. The molecular weight excluding hydrogens is 262 g/mol. The average molecular weight is 287 g/mol. The number of anilines is 1. The van der Waals surface area contributed by atoms with Crippen LogP contribution in [0.25, 0.3) is 0 Å². The Morgan fingerprint density at radius 1 is 1.24 bits per heavy atom. The molecule has 4 nitrogen and oxygen atoms in total. The summed E-state index contributed by atoms with van der Waals surface area (Å²) in [5.74, 6) is -0.0445. The van der Waals surface area contributed by atoms with Gasteiger partial charge in [-0.05, 0) is 52.0 Å². The van der Waals surface area contributed by atoms with Crippen LogP contribution in [0.1, 0.15) is 44.5 Å². The summed E-state index contributed by atoms with van der Waals surface area (Å²) in [7, 11) is 1.74. The van der Waals surface area contributed by atoms with Crippen LogP contribution < -0.4 is 4.90 Å². The molecule has 1 atom stereocenters. The molecule has 0 bridgehead atoms. The van der Waals surface area contributed by atoms with Crippen LogP contribution in [-0.2, 0) is 0 Å². The van der Waals surface area contributed by atoms with Crippen molar-refractivity contribution in [2.45, 2.75) is 46.2 Å². The largest absolute Gasteiger partial charge is 0.369 e. The Hall–Kier alpha value is -2.02. The number of benzene rings is 1. The van der Waals surface area contributed by atoms with Crippen LogP contribution in [0.3, 0.4) is 0 Å². The van der Waals surface area contributed by atoms with Crippen LogP contribution in [0.15, 0.2) is 24.3 Å². The zero-order valence-corrected chi connectivity index (χ0v) is 13.6. The summed E-state index contributed by atoms with van der Waals surface area (Å²) in [6, 6.07) is 10.1. The highest BCUT2D eigenvalue weighted by Gasteiger charge is 2.17. The molecule has 0 fully saturated rings. The average Bonchev–Trinajstić information content (AvgIpc) is 2.47. The molecule has 21 heavy (non-hydrogen) atoms. The van der Waals surface area contributed by atoms with E-state index in [-0.39, 0.29) is 11.9 Å². The highest BCUT2D eigenvalue weighted by Crippen LogP contribution is 2.19. The van der Waals surface area contributed by atoms with E-state index in [1.165, 1.54) is 0 Å². The van der Waals surface area contributed by atoms with E-state index in [2.05, 4.69) is 31.7 Å². The molecule has 0 saturated carbocycles. The van der Waals surface area contributed by atoms with E-state index in [9.17, 15) is 4.79 Å². The van der Waals surface area contributed by atoms with Gasteiger partial charge in [0.1, 0.15) is 0 Å². The van der Waals surface area contributed by atoms with Gasteiger partial charge in [0.05, 0.1) is 12.5 Å². The molecule has 0 heterocycles. The second kappa shape index (κ2) is 7.68. The van der Waals surface area contributed by atoms with Crippen LogP contribution in [0, 0.1) is 11.3 Å². The van der Waals surface area contributed by atoms with Crippen LogP contribution in [0.2, 0.25) is 0 Å². The lowest BCUT2D eigenvalue weighted by Crippen LogP contribution is -2.35. The zero-order valence-electron chi connectivity index (χ0n) is 13.6. The first-order valence-corrected chi connectivity index (χ1v) is 7.43. The molecule has 1 unspecified atom stereocenters. The molecule has 0 N–H and O–H groups in total. The Morgan fingerprint density at radius 3 is 2.24 bits per heavy atom. The number of hydrogen-bond acceptors (Lipinski definition) is 3. The molecule has 0 spiro atoms. The fourth-order valence-electron chi connectivity index (χ4n) is 2.31. The summed E-state index contributed by atoms with van der Waals surface area (Å²) in [4.78, 5) is 16.2. The lowest BCUT2D eigenvalue weighted by atomic mass is 10.1. The molecule has 1 aromatic carbocycles. The van der Waals surface area contributed by atoms with Gasteiger partial charge < -0.3 is 9.80 Å². The van der Waals surface area contributed by atoms with Crippen molar-refractivity contribution < 1.29 is 4.79 Å². The van der Waals surface area contributed by atoms with Crippen LogP contribution >= 0.6 is 0 Å². The van der Waals surface area contributed by atoms with Gasteiger partial charge in [0, 0.05) is 36.9 Å². The third kappa shape index (κ3) is 4.22. The van der Waals surface area contributed by atoms with E-state index in [0.717, 1.165) is 12.2 Å². The number of nitriles is 1. The summed E-state index contributed by atoms with van der Waals surface area (Å²) in [5, 5.41) is 8.72. The number of carbonyl (C=O) groups is 1. The minimum Gasteiger partial charge on any atom is -0.369 e. The monoisotopic (exact) mass is 287 g/mol. The Kier molecular flexibility index (Phi) is 6.23. The normalized spacial score (nSPS) is 11.9. The van der Waals surface area contributed by atoms with Gasteiger partial charge in [0.2, 0.25) is 0 Å². The fourth-order valence-corrected chi connectivity index (χ4v) is 2.31. The number of nitrogens with zero attached hydrogens (tertiary/aromatic N) is 3. The SMILES string of the molecule is CCN(c1ccc(C(=O)N(C)C(C)CC#N)cc1)C(C)C. The van der Waals surface area contributed by atoms with Gasteiger partial charge in [-0.3, -0.25) is 4.79 Å². The minimum absolute atomic E-state index is 0.0445. The first-order valence-electron chi connectivity index (χ1n) is 7.43. The number of amides is 1. The summed E-state index contributed by atoms with van der Waals surface area (Å²) in [6.45, 7) is 9.24. The van der Waals surface area contributed by atoms with Crippen LogP contribution in [-0.4, -0.2) is 36.5 Å². The molecule has 0 aliphatic heterocycles. The van der Waals surface area contributed by atoms with Crippen molar-refractivity contribution in [3.63, 3.8) is 0 Å². The first-order chi connectivity index (χ1) is 9.92. The highest BCUT2D eigenvalue weighted by molar-refractivity contribution is 5.94. The molecule has 1 amide bonds. The van der Waals surface area contributed by atoms with E-state index in [1.807, 2.05) is 31.2 Å². The maximum absolute atomic E-state index is 12.3. The van der Waals surface area contributed by atoms with Crippen LogP contribution in [0.4, 0.5) is 5.69 Å². The second-order valence-electron chi connectivity index (χ2n) is 5.55. The standard InChI is InChI=1S/C17H25N3O/c1-6-20(13(2)3)16-9-7-15(8-10-16)17(21)19(5)14(4)11-12-18/h7-10,13-14H,6,11H2,1-5H3. The quantitative estimate of drug-likeness (QED) is 0.806. The van der Waals surface area contributed by atoms with Crippen LogP contribution in [0.5, 0.6) is 0 Å². The first kappa shape index (κ1) is 17.0. The van der Waals surface area contributed by atoms with E-state index in [4.69, 9.17) is 5.26 Å². The lowest BCUT2D eigenvalue weighted by Gasteiger charge is -2.28. The number of carbonyl (C=O) groups excluding carboxylic acids is 1. The van der Waals surface area contributed by atoms with Crippen molar-refractivity contribution in [1.29, 1.82) is 5.26 Å². The van der Waals surface area contributed by atoms with Gasteiger partial charge in [0.15, 0.2) is 0 Å². The van der Waals surface area contributed by atoms with Crippen molar-refractivity contribution in [2.24, 2.45) is 0 Å². The van der Waals surface area contributed by atoms with Gasteiger partial charge >= 0.3 is 0 Å². The van der Waals surface area contributed by atoms with E-state index in [1.54, 1.807) is 11.9 Å². The molecule has 0 aliphatic rings. The van der Waals surface area contributed by atoms with E-state index in [0.29, 0.717) is 18.0 Å². The maximum atomic E-state index is 12.3. The molecule has 1 rings (SSSR count). The van der Waals surface area contributed by atoms with Crippen molar-refractivity contribution >= 4 is 11.6 Å². The Labute approximate surface area is 128 Å². The highest BCUT2D eigenvalue weighted by atomic mass is 16.2. The van der Waals surface area contributed by atoms with E-state index >= 15 is 0 Å². The lowest BCUT2D eigenvalue weighted by molar-refractivity contribution is 0.0746. The number of rotatable bonds is 6. The maximum Gasteiger partial charge on any atom is 0.253 e. The third-order valence-electron chi connectivity index (χ3n) is 3.78. The predicted molar refractivity (Wildman–Crippen MR) is 86.4 cm³/mol. The molecule has 0 radical (unpaired) electrons. The zero-order chi connectivity index (χ0) is 16.0. The molecule has 0 saturated heterocycles. The molecule has 114 valence electrons. The van der Waals surface area contributed by atoms with Crippen molar-refractivity contribution in [3.8, 4) is 6.07 Å². The molecular formula is C17H25N3O. The van der Waals surface area contributed by atoms with Crippen molar-refractivity contribution in [3.05, 3.63) is 29.8 Å². The van der Waals surface area contributed by atoms with Gasteiger partial charge in [0.25, 0.3) is 5.91 Å². The molecule has 0 aromatic heterocycles. The molecule has 4 heteroatoms. The van der Waals surface area contributed by atoms with Gasteiger partial charge in [-0.15, -0.1) is 0 Å². The Bertz CT molecular complexity index is 502. The topological polar surface area (TPSA) is 47.3 Å². The Morgan fingerprint density at radius 2 is 1.81 bits per heavy atom. The summed E-state index contributed by atoms with van der Waals surface area (Å²) in [5.41, 5.74) is 1.78. The van der Waals surface area contributed by atoms with Crippen molar-refractivity contribution in [1.82, 2.24) is 4.90 Å². The summed E-state index contributed by atoms with van der Waals surface area (Å²) < 4.78 is 0. The Balaban J connectivity index is 2.87. The van der Waals surface area contributed by atoms with Gasteiger partial charge in [-0.25, -0.2) is 0 Å². The van der Waals surface area contributed by atoms with Crippen molar-refractivity contribution in [2.75, 3.05) is 18.5 Å². The van der Waals surface area contributed by atoms with E-state index < -0.39 is 0 Å². The minimum atomic E-state index is -0.0787. The van der Waals surface area contributed by atoms with Gasteiger partial charge in [-0.2, -0.15) is 5.26 Å². The van der Waals surface area contributed by atoms with Gasteiger partial charge in [-0.1, -0.05) is 0 Å². The fraction of sp³-hybridized carbons (Fsp3) is 0.529. The number of hydrogen-bond donors (Lipinski definition) is 0. The summed E-state index contributed by atoms with van der Waals surface area (Å²) in [6.07, 6.45) is 0.345. The smallest absolute Gasteiger partial charge is 0.253 e. The predicted octanol–water partition coefficient (Wildman–Crippen LogP) is 3.30. The summed E-state index contributed by atoms with van der Waals surface area (Å²) >= 11 is 0. The second-order valence-corrected chi connectivity index (χ2v) is 5.55. The third-order valence-corrected chi connectivity index (χ3v) is 3.78. The molecule has 1 aromatic rings.